The molecule has 0 aromatic carbocycles. The molecule has 1 rings (SSSR count). The molecule has 0 saturated heterocycles. The van der Waals surface area contributed by atoms with Crippen molar-refractivity contribution in [2.24, 2.45) is 0 Å². The van der Waals surface area contributed by atoms with Gasteiger partial charge in [0.05, 0.1) is 0 Å². The van der Waals surface area contributed by atoms with Crippen molar-refractivity contribution in [2.45, 2.75) is 0 Å². The fourth-order valence-corrected chi connectivity index (χ4v) is 0.936. The molecule has 0 saturated carbocycles. The van der Waals surface area contributed by atoms with Gasteiger partial charge in [0.15, 0.2) is 10.4 Å². The third kappa shape index (κ3) is 2.93. The maximum atomic E-state index is 11.1. The van der Waals surface area contributed by atoms with Crippen LogP contribution in [0.4, 0.5) is 0 Å². The lowest BCUT2D eigenvalue weighted by molar-refractivity contribution is 0.0411. The molecule has 1 amide bonds. The van der Waals surface area contributed by atoms with E-state index < -0.39 is 5.91 Å². The Balaban J connectivity index is 2.45. The largest absolute Gasteiger partial charge is 0.444 e. The van der Waals surface area contributed by atoms with E-state index in [0.717, 1.165) is 0 Å². The van der Waals surface area contributed by atoms with Crippen LogP contribution in [0.2, 0.25) is 0 Å². The van der Waals surface area contributed by atoms with Gasteiger partial charge in [-0.1, -0.05) is 5.92 Å². The number of halogens is 1. The highest BCUT2D eigenvalue weighted by molar-refractivity contribution is 9.10. The van der Waals surface area contributed by atoms with Gasteiger partial charge in [-0.2, -0.15) is 0 Å². The maximum absolute atomic E-state index is 11.1. The summed E-state index contributed by atoms with van der Waals surface area (Å²) in [6.07, 6.45) is 4.90. The summed E-state index contributed by atoms with van der Waals surface area (Å²) in [5.41, 5.74) is 2.12. The molecule has 0 aliphatic heterocycles. The van der Waals surface area contributed by atoms with Crippen molar-refractivity contribution in [3.8, 4) is 12.3 Å². The average Bonchev–Trinajstić information content (AvgIpc) is 2.52. The second kappa shape index (κ2) is 4.70. The van der Waals surface area contributed by atoms with Crippen molar-refractivity contribution in [3.63, 3.8) is 0 Å². The number of carbonyl (C=O) groups is 1. The number of hydrogen-bond acceptors (Lipinski definition) is 3. The van der Waals surface area contributed by atoms with E-state index in [1.807, 2.05) is 0 Å². The summed E-state index contributed by atoms with van der Waals surface area (Å²) >= 11 is 3.06. The minimum absolute atomic E-state index is 0.0214. The highest BCUT2D eigenvalue weighted by Gasteiger charge is 2.09. The number of hydrogen-bond donors (Lipinski definition) is 1. The van der Waals surface area contributed by atoms with Crippen molar-refractivity contribution in [2.75, 3.05) is 6.61 Å². The van der Waals surface area contributed by atoms with Crippen LogP contribution in [0.1, 0.15) is 10.6 Å². The highest BCUT2D eigenvalue weighted by atomic mass is 79.9. The van der Waals surface area contributed by atoms with E-state index in [1.165, 1.54) is 6.07 Å². The Bertz CT molecular complexity index is 339. The van der Waals surface area contributed by atoms with Gasteiger partial charge in [0.1, 0.15) is 6.61 Å². The van der Waals surface area contributed by atoms with Crippen LogP contribution in [-0.2, 0) is 4.84 Å². The summed E-state index contributed by atoms with van der Waals surface area (Å²) in [5, 5.41) is 0. The van der Waals surface area contributed by atoms with Gasteiger partial charge in [-0.15, -0.1) is 6.42 Å². The first-order valence-corrected chi connectivity index (χ1v) is 4.14. The van der Waals surface area contributed by atoms with Gasteiger partial charge in [0, 0.05) is 0 Å². The predicted octanol–water partition coefficient (Wildman–Crippen LogP) is 1.34. The van der Waals surface area contributed by atoms with E-state index in [4.69, 9.17) is 10.8 Å². The molecule has 0 unspecified atom stereocenters. The summed E-state index contributed by atoms with van der Waals surface area (Å²) in [4.78, 5) is 15.7. The zero-order chi connectivity index (χ0) is 9.68. The number of nitrogens with one attached hydrogen (secondary N) is 1. The molecule has 68 valence electrons. The van der Waals surface area contributed by atoms with Crippen LogP contribution >= 0.6 is 15.9 Å². The SMILES string of the molecule is C#CCONC(=O)c1ccc(Br)o1. The van der Waals surface area contributed by atoms with Gasteiger partial charge in [-0.25, -0.2) is 5.48 Å². The van der Waals surface area contributed by atoms with Crippen molar-refractivity contribution in [1.29, 1.82) is 0 Å². The maximum Gasteiger partial charge on any atom is 0.310 e. The minimum atomic E-state index is -0.471. The van der Waals surface area contributed by atoms with Gasteiger partial charge < -0.3 is 4.42 Å². The molecule has 1 heterocycles. The van der Waals surface area contributed by atoms with Crippen molar-refractivity contribution < 1.29 is 14.0 Å². The van der Waals surface area contributed by atoms with Gasteiger partial charge in [-0.3, -0.25) is 9.63 Å². The molecule has 1 N–H and O–H groups in total. The summed E-state index contributed by atoms with van der Waals surface area (Å²) in [5.74, 6) is 1.89. The lowest BCUT2D eigenvalue weighted by atomic mass is 10.4. The first-order chi connectivity index (χ1) is 6.24. The quantitative estimate of drug-likeness (QED) is 0.495. The predicted molar refractivity (Wildman–Crippen MR) is 48.7 cm³/mol. The Morgan fingerprint density at radius 2 is 2.54 bits per heavy atom. The van der Waals surface area contributed by atoms with Crippen LogP contribution in [0.5, 0.6) is 0 Å². The summed E-state index contributed by atoms with van der Waals surface area (Å²) in [6.45, 7) is 0.0214. The monoisotopic (exact) mass is 243 g/mol. The van der Waals surface area contributed by atoms with E-state index in [-0.39, 0.29) is 12.4 Å². The fraction of sp³-hybridized carbons (Fsp3) is 0.125. The molecule has 0 atom stereocenters. The van der Waals surface area contributed by atoms with Crippen LogP contribution in [0, 0.1) is 12.3 Å². The Morgan fingerprint density at radius 3 is 3.08 bits per heavy atom. The van der Waals surface area contributed by atoms with Crippen molar-refractivity contribution >= 4 is 21.8 Å². The van der Waals surface area contributed by atoms with Crippen molar-refractivity contribution in [1.82, 2.24) is 5.48 Å². The Labute approximate surface area is 83.3 Å². The van der Waals surface area contributed by atoms with Crippen LogP contribution in [-0.4, -0.2) is 12.5 Å². The van der Waals surface area contributed by atoms with Crippen LogP contribution < -0.4 is 5.48 Å². The molecule has 1 aromatic rings. The number of terminal acetylenes is 1. The first-order valence-electron chi connectivity index (χ1n) is 3.35. The Hall–Kier alpha value is -1.25. The molecule has 0 spiro atoms. The van der Waals surface area contributed by atoms with Gasteiger partial charge in [0.25, 0.3) is 0 Å². The van der Waals surface area contributed by atoms with Gasteiger partial charge in [-0.05, 0) is 28.1 Å². The molecular weight excluding hydrogens is 238 g/mol. The zero-order valence-corrected chi connectivity index (χ0v) is 8.13. The molecule has 13 heavy (non-hydrogen) atoms. The molecule has 4 nitrogen and oxygen atoms in total. The number of carbonyl (C=O) groups excluding carboxylic acids is 1. The lowest BCUT2D eigenvalue weighted by Crippen LogP contribution is -2.23. The summed E-state index contributed by atoms with van der Waals surface area (Å²) in [6, 6.07) is 3.12. The van der Waals surface area contributed by atoms with E-state index in [0.29, 0.717) is 4.67 Å². The van der Waals surface area contributed by atoms with Gasteiger partial charge in [0.2, 0.25) is 0 Å². The Morgan fingerprint density at radius 1 is 1.77 bits per heavy atom. The topological polar surface area (TPSA) is 51.5 Å². The second-order valence-electron chi connectivity index (χ2n) is 2.03. The van der Waals surface area contributed by atoms with Crippen molar-refractivity contribution in [3.05, 3.63) is 22.6 Å². The first kappa shape index (κ1) is 9.84. The standard InChI is InChI=1S/C8H6BrNO3/c1-2-5-12-10-8(11)6-3-4-7(9)13-6/h1,3-4H,5H2,(H,10,11). The number of amides is 1. The van der Waals surface area contributed by atoms with E-state index in [1.54, 1.807) is 6.07 Å². The fourth-order valence-electron chi connectivity index (χ4n) is 0.630. The number of rotatable bonds is 3. The molecular formula is C8H6BrNO3. The molecule has 0 bridgehead atoms. The Kier molecular flexibility index (Phi) is 3.55. The van der Waals surface area contributed by atoms with E-state index in [2.05, 4.69) is 32.2 Å². The number of furan rings is 1. The minimum Gasteiger partial charge on any atom is -0.444 e. The van der Waals surface area contributed by atoms with Crippen LogP contribution in [0.25, 0.3) is 0 Å². The van der Waals surface area contributed by atoms with E-state index >= 15 is 0 Å². The second-order valence-corrected chi connectivity index (χ2v) is 2.81. The van der Waals surface area contributed by atoms with Gasteiger partial charge >= 0.3 is 5.91 Å². The molecule has 0 aliphatic rings. The molecule has 1 aromatic heterocycles. The lowest BCUT2D eigenvalue weighted by Gasteiger charge is -1.98. The third-order valence-corrected chi connectivity index (χ3v) is 1.54. The van der Waals surface area contributed by atoms with Crippen LogP contribution in [0.15, 0.2) is 21.2 Å². The zero-order valence-electron chi connectivity index (χ0n) is 6.54. The summed E-state index contributed by atoms with van der Waals surface area (Å²) in [7, 11) is 0. The highest BCUT2D eigenvalue weighted by Crippen LogP contribution is 2.13. The average molecular weight is 244 g/mol. The molecule has 0 aliphatic carbocycles. The number of hydroxylamine groups is 1. The third-order valence-electron chi connectivity index (χ3n) is 1.12. The molecule has 5 heteroatoms. The van der Waals surface area contributed by atoms with Crippen LogP contribution in [0.3, 0.4) is 0 Å². The summed E-state index contributed by atoms with van der Waals surface area (Å²) < 4.78 is 5.43. The molecule has 0 radical (unpaired) electrons. The normalized spacial score (nSPS) is 9.23. The smallest absolute Gasteiger partial charge is 0.310 e. The molecule has 0 fully saturated rings. The van der Waals surface area contributed by atoms with E-state index in [9.17, 15) is 4.79 Å².